The minimum absolute atomic E-state index is 0. The number of hydrogen-bond donors (Lipinski definition) is 0. The minimum atomic E-state index is 0. The summed E-state index contributed by atoms with van der Waals surface area (Å²) in [5.41, 5.74) is 6.18. The van der Waals surface area contributed by atoms with Gasteiger partial charge in [0, 0.05) is 25.8 Å². The van der Waals surface area contributed by atoms with Crippen molar-refractivity contribution in [2.45, 2.75) is 33.1 Å². The summed E-state index contributed by atoms with van der Waals surface area (Å²) < 4.78 is 0. The summed E-state index contributed by atoms with van der Waals surface area (Å²) in [5.74, 6) is 0. The molecule has 0 saturated carbocycles. The van der Waals surface area contributed by atoms with Crippen LogP contribution in [0.5, 0.6) is 0 Å². The molecule has 0 aliphatic heterocycles. The fourth-order valence-electron chi connectivity index (χ4n) is 1.99. The minimum Gasteiger partial charge on any atom is -1.00 e. The number of halogens is 2. The zero-order valence-corrected chi connectivity index (χ0v) is 14.8. The van der Waals surface area contributed by atoms with Crippen molar-refractivity contribution >= 4 is 0 Å². The molecule has 2 aliphatic rings. The maximum Gasteiger partial charge on any atom is 0 e. The van der Waals surface area contributed by atoms with Crippen molar-refractivity contribution in [3.63, 3.8) is 0 Å². The molecular formula is C13H16Cl2Hf-2. The molecule has 2 aliphatic carbocycles. The van der Waals surface area contributed by atoms with Gasteiger partial charge in [-0.15, -0.1) is 0 Å². The van der Waals surface area contributed by atoms with E-state index in [1.54, 1.807) is 11.1 Å². The third kappa shape index (κ3) is 4.35. The standard InChI is InChI=1S/C13H16.2ClH.Hf/c1-10-5-3-7-12(10)9-13-8-4-6-11(13)2;;;/h3-6H,7-9H2,1-2H3;2*1H;/p-2. The number of allylic oxidation sites excluding steroid dienone is 8. The van der Waals surface area contributed by atoms with E-state index < -0.39 is 0 Å². The summed E-state index contributed by atoms with van der Waals surface area (Å²) >= 11 is 0. The molecule has 0 saturated heterocycles. The average molecular weight is 422 g/mol. The molecule has 0 amide bonds. The summed E-state index contributed by atoms with van der Waals surface area (Å²) in [4.78, 5) is 0. The number of hydrogen-bond acceptors (Lipinski definition) is 0. The Morgan fingerprint density at radius 3 is 1.50 bits per heavy atom. The first-order chi connectivity index (χ1) is 6.27. The molecule has 0 heterocycles. The predicted molar refractivity (Wildman–Crippen MR) is 57.5 cm³/mol. The van der Waals surface area contributed by atoms with E-state index in [0.29, 0.717) is 0 Å². The number of rotatable bonds is 2. The molecule has 0 nitrogen and oxygen atoms in total. The van der Waals surface area contributed by atoms with Gasteiger partial charge in [0.05, 0.1) is 0 Å². The van der Waals surface area contributed by atoms with Crippen LogP contribution in [0.1, 0.15) is 33.1 Å². The Morgan fingerprint density at radius 1 is 0.875 bits per heavy atom. The van der Waals surface area contributed by atoms with Gasteiger partial charge in [-0.25, -0.2) is 0 Å². The Bertz CT molecular complexity index is 315. The van der Waals surface area contributed by atoms with Crippen LogP contribution in [0.25, 0.3) is 0 Å². The van der Waals surface area contributed by atoms with Gasteiger partial charge in [0.15, 0.2) is 0 Å². The smallest absolute Gasteiger partial charge is 0 e. The Morgan fingerprint density at radius 2 is 1.25 bits per heavy atom. The maximum absolute atomic E-state index is 2.27. The van der Waals surface area contributed by atoms with E-state index in [4.69, 9.17) is 0 Å². The zero-order chi connectivity index (χ0) is 9.26. The first-order valence-electron chi connectivity index (χ1n) is 4.97. The largest absolute Gasteiger partial charge is 1.00 e. The van der Waals surface area contributed by atoms with Crippen molar-refractivity contribution in [1.29, 1.82) is 0 Å². The van der Waals surface area contributed by atoms with Gasteiger partial charge in [-0.3, -0.25) is 0 Å². The van der Waals surface area contributed by atoms with Crippen LogP contribution in [-0.4, -0.2) is 0 Å². The van der Waals surface area contributed by atoms with Crippen LogP contribution in [0.15, 0.2) is 46.6 Å². The van der Waals surface area contributed by atoms with Gasteiger partial charge in [-0.1, -0.05) is 46.6 Å². The SMILES string of the molecule is CC1=C(CC2=C(C)C=CC2)CC=C1.[Cl-].[Cl-].[Hf]. The maximum atomic E-state index is 2.27. The summed E-state index contributed by atoms with van der Waals surface area (Å²) in [7, 11) is 0. The first kappa shape index (κ1) is 18.8. The van der Waals surface area contributed by atoms with Crippen LogP contribution in [-0.2, 0) is 25.8 Å². The molecule has 3 heteroatoms. The molecule has 0 aromatic rings. The van der Waals surface area contributed by atoms with E-state index in [-0.39, 0.29) is 50.7 Å². The van der Waals surface area contributed by atoms with Crippen LogP contribution in [0, 0.1) is 0 Å². The summed E-state index contributed by atoms with van der Waals surface area (Å²) in [6.45, 7) is 4.44. The van der Waals surface area contributed by atoms with Gasteiger partial charge in [-0.05, 0) is 33.1 Å². The third-order valence-electron chi connectivity index (χ3n) is 3.01. The Labute approximate surface area is 130 Å². The first-order valence-corrected chi connectivity index (χ1v) is 4.97. The van der Waals surface area contributed by atoms with Gasteiger partial charge in [0.2, 0.25) is 0 Å². The third-order valence-corrected chi connectivity index (χ3v) is 3.01. The van der Waals surface area contributed by atoms with E-state index in [0.717, 1.165) is 0 Å². The Kier molecular flexibility index (Phi) is 9.96. The summed E-state index contributed by atoms with van der Waals surface area (Å²) in [6, 6.07) is 0. The van der Waals surface area contributed by atoms with E-state index in [2.05, 4.69) is 38.2 Å². The second-order valence-corrected chi connectivity index (χ2v) is 3.96. The summed E-state index contributed by atoms with van der Waals surface area (Å²) in [6.07, 6.45) is 12.6. The van der Waals surface area contributed by atoms with Crippen LogP contribution in [0.2, 0.25) is 0 Å². The van der Waals surface area contributed by atoms with E-state index >= 15 is 0 Å². The summed E-state index contributed by atoms with van der Waals surface area (Å²) in [5, 5.41) is 0. The molecule has 0 aromatic carbocycles. The van der Waals surface area contributed by atoms with E-state index in [1.807, 2.05) is 0 Å². The van der Waals surface area contributed by atoms with Crippen molar-refractivity contribution < 1.29 is 50.7 Å². The Hall–Kier alpha value is 0.410. The monoisotopic (exact) mass is 422 g/mol. The molecule has 16 heavy (non-hydrogen) atoms. The van der Waals surface area contributed by atoms with Crippen molar-refractivity contribution in [2.24, 2.45) is 0 Å². The van der Waals surface area contributed by atoms with Crippen LogP contribution in [0.4, 0.5) is 0 Å². The van der Waals surface area contributed by atoms with Gasteiger partial charge in [0.25, 0.3) is 0 Å². The van der Waals surface area contributed by atoms with Crippen molar-refractivity contribution in [2.75, 3.05) is 0 Å². The van der Waals surface area contributed by atoms with Crippen molar-refractivity contribution in [3.05, 3.63) is 46.6 Å². The van der Waals surface area contributed by atoms with Crippen LogP contribution in [0.3, 0.4) is 0 Å². The van der Waals surface area contributed by atoms with Gasteiger partial charge in [-0.2, -0.15) is 0 Å². The van der Waals surface area contributed by atoms with Gasteiger partial charge in [0.1, 0.15) is 0 Å². The molecule has 0 bridgehead atoms. The van der Waals surface area contributed by atoms with Gasteiger partial charge >= 0.3 is 0 Å². The quantitative estimate of drug-likeness (QED) is 0.450. The molecule has 2 rings (SSSR count). The Balaban J connectivity index is 0. The average Bonchev–Trinajstić information content (AvgIpc) is 2.65. The predicted octanol–water partition coefficient (Wildman–Crippen LogP) is -2.07. The van der Waals surface area contributed by atoms with Crippen molar-refractivity contribution in [3.8, 4) is 0 Å². The molecule has 0 radical (unpaired) electrons. The second kappa shape index (κ2) is 8.49. The molecule has 0 N–H and O–H groups in total. The molecule has 0 atom stereocenters. The van der Waals surface area contributed by atoms with Gasteiger partial charge < -0.3 is 24.8 Å². The van der Waals surface area contributed by atoms with Crippen LogP contribution >= 0.6 is 0 Å². The molecule has 0 spiro atoms. The van der Waals surface area contributed by atoms with E-state index in [1.165, 1.54) is 30.4 Å². The van der Waals surface area contributed by atoms with E-state index in [9.17, 15) is 0 Å². The molecule has 0 fully saturated rings. The fourth-order valence-corrected chi connectivity index (χ4v) is 1.99. The topological polar surface area (TPSA) is 0 Å². The van der Waals surface area contributed by atoms with Crippen molar-refractivity contribution in [1.82, 2.24) is 0 Å². The fraction of sp³-hybridized carbons (Fsp3) is 0.385. The zero-order valence-electron chi connectivity index (χ0n) is 9.69. The molecule has 0 aromatic heterocycles. The molecule has 88 valence electrons. The van der Waals surface area contributed by atoms with Crippen LogP contribution < -0.4 is 24.8 Å². The normalized spacial score (nSPS) is 17.1. The molecule has 0 unspecified atom stereocenters. The molecular weight excluding hydrogens is 406 g/mol. The second-order valence-electron chi connectivity index (χ2n) is 3.96.